The molecule has 2 aromatic carbocycles. The van der Waals surface area contributed by atoms with Gasteiger partial charge < -0.3 is 14.9 Å². The van der Waals surface area contributed by atoms with Crippen molar-refractivity contribution in [2.24, 2.45) is 0 Å². The lowest BCUT2D eigenvalue weighted by molar-refractivity contribution is -0.136. The number of carboxylic acids is 1. The Morgan fingerprint density at radius 1 is 1.16 bits per heavy atom. The largest absolute Gasteiger partial charge is 0.481 e. The number of aliphatic carboxylic acids is 1. The molecule has 6 nitrogen and oxygen atoms in total. The van der Waals surface area contributed by atoms with Crippen molar-refractivity contribution >= 4 is 24.3 Å². The maximum atomic E-state index is 11.3. The van der Waals surface area contributed by atoms with Crippen molar-refractivity contribution in [2.75, 3.05) is 6.16 Å². The van der Waals surface area contributed by atoms with E-state index in [1.54, 1.807) is 18.2 Å². The van der Waals surface area contributed by atoms with Crippen molar-refractivity contribution in [3.8, 4) is 5.75 Å². The van der Waals surface area contributed by atoms with Gasteiger partial charge >= 0.3 is 13.6 Å². The molecule has 0 aliphatic rings. The zero-order valence-corrected chi connectivity index (χ0v) is 10.6. The second-order valence-electron chi connectivity index (χ2n) is 3.86. The average Bonchev–Trinajstić information content (AvgIpc) is 2.35. The normalized spacial score (nSPS) is 13.9. The summed E-state index contributed by atoms with van der Waals surface area (Å²) in [5.41, 5.74) is 0. The minimum Gasteiger partial charge on any atom is -0.481 e. The Balaban J connectivity index is 2.09. The van der Waals surface area contributed by atoms with Crippen molar-refractivity contribution < 1.29 is 28.9 Å². The zero-order chi connectivity index (χ0) is 13.9. The summed E-state index contributed by atoms with van der Waals surface area (Å²) in [7, 11) is -4.30. The van der Waals surface area contributed by atoms with E-state index in [4.69, 9.17) is 9.99 Å². The van der Waals surface area contributed by atoms with Gasteiger partial charge in [0.05, 0.1) is 0 Å². The average molecular weight is 282 g/mol. The van der Waals surface area contributed by atoms with Gasteiger partial charge in [0.25, 0.3) is 0 Å². The highest BCUT2D eigenvalue weighted by molar-refractivity contribution is 7.53. The fraction of sp³-hybridized carbons (Fsp3) is 0.0833. The highest BCUT2D eigenvalue weighted by atomic mass is 31.2. The van der Waals surface area contributed by atoms with Gasteiger partial charge in [-0.2, -0.15) is 0 Å². The molecule has 0 aliphatic heterocycles. The Morgan fingerprint density at radius 2 is 1.84 bits per heavy atom. The SMILES string of the molecule is O=C(O)CP(=O)(O)OOc1ccc2ccccc2c1. The van der Waals surface area contributed by atoms with Crippen LogP contribution in [0.2, 0.25) is 0 Å². The molecule has 7 heteroatoms. The molecule has 0 bridgehead atoms. The van der Waals surface area contributed by atoms with Crippen LogP contribution < -0.4 is 4.89 Å². The summed E-state index contributed by atoms with van der Waals surface area (Å²) in [4.78, 5) is 24.2. The summed E-state index contributed by atoms with van der Waals surface area (Å²) in [6.07, 6.45) is -1.01. The number of hydrogen-bond donors (Lipinski definition) is 2. The van der Waals surface area contributed by atoms with Crippen molar-refractivity contribution in [3.05, 3.63) is 42.5 Å². The molecule has 0 saturated carbocycles. The molecule has 2 N–H and O–H groups in total. The molecule has 0 aromatic heterocycles. The predicted molar refractivity (Wildman–Crippen MR) is 68.0 cm³/mol. The van der Waals surface area contributed by atoms with Crippen LogP contribution in [0.5, 0.6) is 5.75 Å². The maximum Gasteiger partial charge on any atom is 0.377 e. The van der Waals surface area contributed by atoms with E-state index >= 15 is 0 Å². The van der Waals surface area contributed by atoms with Crippen LogP contribution in [-0.4, -0.2) is 22.1 Å². The Morgan fingerprint density at radius 3 is 2.53 bits per heavy atom. The summed E-state index contributed by atoms with van der Waals surface area (Å²) < 4.78 is 15.6. The number of carboxylic acid groups (broad SMARTS) is 1. The highest BCUT2D eigenvalue weighted by Crippen LogP contribution is 2.41. The lowest BCUT2D eigenvalue weighted by atomic mass is 10.1. The van der Waals surface area contributed by atoms with Crippen LogP contribution in [-0.2, 0) is 14.0 Å². The van der Waals surface area contributed by atoms with Crippen molar-refractivity contribution in [2.45, 2.75) is 0 Å². The lowest BCUT2D eigenvalue weighted by Crippen LogP contribution is -2.07. The number of benzene rings is 2. The number of fused-ring (bicyclic) bond motifs is 1. The summed E-state index contributed by atoms with van der Waals surface area (Å²) >= 11 is 0. The van der Waals surface area contributed by atoms with Gasteiger partial charge in [0, 0.05) is 0 Å². The van der Waals surface area contributed by atoms with Crippen molar-refractivity contribution in [3.63, 3.8) is 0 Å². The van der Waals surface area contributed by atoms with E-state index in [9.17, 15) is 14.3 Å². The fourth-order valence-corrected chi connectivity index (χ4v) is 2.11. The second kappa shape index (κ2) is 5.40. The van der Waals surface area contributed by atoms with Crippen LogP contribution in [0.25, 0.3) is 10.8 Å². The lowest BCUT2D eigenvalue weighted by Gasteiger charge is -2.09. The summed E-state index contributed by atoms with van der Waals surface area (Å²) in [6.45, 7) is 0. The molecule has 0 heterocycles. The topological polar surface area (TPSA) is 93.1 Å². The Hall–Kier alpha value is -1.88. The number of carbonyl (C=O) groups is 1. The van der Waals surface area contributed by atoms with Crippen molar-refractivity contribution in [1.29, 1.82) is 0 Å². The Bertz CT molecular complexity index is 653. The zero-order valence-electron chi connectivity index (χ0n) is 9.72. The molecule has 0 amide bonds. The maximum absolute atomic E-state index is 11.3. The molecule has 2 rings (SSSR count). The first kappa shape index (κ1) is 13.5. The summed E-state index contributed by atoms with van der Waals surface area (Å²) in [6, 6.07) is 12.4. The van der Waals surface area contributed by atoms with Gasteiger partial charge in [0.15, 0.2) is 11.9 Å². The number of hydrogen-bond acceptors (Lipinski definition) is 4. The smallest absolute Gasteiger partial charge is 0.377 e. The minimum atomic E-state index is -4.30. The first-order valence-electron chi connectivity index (χ1n) is 5.35. The Kier molecular flexibility index (Phi) is 3.85. The summed E-state index contributed by atoms with van der Waals surface area (Å²) in [5, 5.41) is 10.3. The molecule has 2 aromatic rings. The van der Waals surface area contributed by atoms with Crippen LogP contribution in [0, 0.1) is 0 Å². The van der Waals surface area contributed by atoms with Crippen LogP contribution in [0.15, 0.2) is 42.5 Å². The summed E-state index contributed by atoms with van der Waals surface area (Å²) in [5.74, 6) is -1.22. The molecule has 0 fully saturated rings. The molecule has 0 radical (unpaired) electrons. The van der Waals surface area contributed by atoms with Crippen LogP contribution in [0.3, 0.4) is 0 Å². The fourth-order valence-electron chi connectivity index (χ4n) is 1.52. The third kappa shape index (κ3) is 3.79. The van der Waals surface area contributed by atoms with Gasteiger partial charge in [-0.3, -0.25) is 9.36 Å². The molecule has 19 heavy (non-hydrogen) atoms. The van der Waals surface area contributed by atoms with E-state index in [0.29, 0.717) is 0 Å². The van der Waals surface area contributed by atoms with Gasteiger partial charge in [0.1, 0.15) is 0 Å². The molecule has 0 saturated heterocycles. The molecule has 0 aliphatic carbocycles. The van der Waals surface area contributed by atoms with E-state index < -0.39 is 19.7 Å². The van der Waals surface area contributed by atoms with Crippen molar-refractivity contribution in [1.82, 2.24) is 0 Å². The number of rotatable bonds is 5. The third-order valence-electron chi connectivity index (χ3n) is 2.31. The first-order valence-corrected chi connectivity index (χ1v) is 7.11. The molecule has 1 atom stereocenters. The Labute approximate surface area is 108 Å². The van der Waals surface area contributed by atoms with E-state index in [0.717, 1.165) is 10.8 Å². The third-order valence-corrected chi connectivity index (χ3v) is 3.28. The molecule has 100 valence electrons. The second-order valence-corrected chi connectivity index (χ2v) is 5.60. The van der Waals surface area contributed by atoms with Gasteiger partial charge in [-0.25, -0.2) is 0 Å². The predicted octanol–water partition coefficient (Wildman–Crippen LogP) is 2.42. The minimum absolute atomic E-state index is 0.221. The quantitative estimate of drug-likeness (QED) is 0.497. The standard InChI is InChI=1S/C12H11O6P/c13-12(14)8-19(15,16)18-17-11-6-5-9-3-1-2-4-10(9)7-11/h1-7H,8H2,(H,13,14)(H,15,16). The molecular weight excluding hydrogens is 271 g/mol. The monoisotopic (exact) mass is 282 g/mol. The van der Waals surface area contributed by atoms with Gasteiger partial charge in [-0.05, 0) is 22.9 Å². The van der Waals surface area contributed by atoms with Crippen LogP contribution in [0.4, 0.5) is 0 Å². The van der Waals surface area contributed by atoms with E-state index in [2.05, 4.69) is 4.67 Å². The van der Waals surface area contributed by atoms with Gasteiger partial charge in [0.2, 0.25) is 0 Å². The highest BCUT2D eigenvalue weighted by Gasteiger charge is 2.26. The van der Waals surface area contributed by atoms with Gasteiger partial charge in [-0.15, -0.1) is 0 Å². The van der Waals surface area contributed by atoms with E-state index in [1.165, 1.54) is 0 Å². The van der Waals surface area contributed by atoms with Crippen LogP contribution in [0.1, 0.15) is 0 Å². The molecule has 0 spiro atoms. The molecular formula is C12H11O6P. The molecule has 1 unspecified atom stereocenters. The van der Waals surface area contributed by atoms with E-state index in [1.807, 2.05) is 24.3 Å². The first-order chi connectivity index (χ1) is 8.96. The van der Waals surface area contributed by atoms with Crippen LogP contribution >= 0.6 is 7.60 Å². The van der Waals surface area contributed by atoms with E-state index in [-0.39, 0.29) is 5.75 Å². The van der Waals surface area contributed by atoms with Gasteiger partial charge in [-0.1, -0.05) is 35.0 Å².